The van der Waals surface area contributed by atoms with Gasteiger partial charge in [0.15, 0.2) is 0 Å². The number of fused-ring (bicyclic) bond motifs is 11. The molecule has 0 radical (unpaired) electrons. The first-order valence-electron chi connectivity index (χ1n) is 21.4. The van der Waals surface area contributed by atoms with E-state index >= 15 is 0 Å². The third kappa shape index (κ3) is 5.09. The quantitative estimate of drug-likeness (QED) is 0.117. The summed E-state index contributed by atoms with van der Waals surface area (Å²) in [5, 5.41) is 5.14. The zero-order valence-corrected chi connectivity index (χ0v) is 34.4. The second kappa shape index (κ2) is 13.5. The van der Waals surface area contributed by atoms with Gasteiger partial charge in [0, 0.05) is 0 Å². The summed E-state index contributed by atoms with van der Waals surface area (Å²) in [6.07, 6.45) is 11.9. The largest absolute Gasteiger partial charge is 0.0991 e. The third-order valence-corrected chi connectivity index (χ3v) is 13.8. The molecule has 0 N–H and O–H groups in total. The molecule has 1 atom stereocenters. The number of allylic oxidation sites excluding steroid dienone is 4. The lowest BCUT2D eigenvalue weighted by atomic mass is 9.66. The average Bonchev–Trinajstić information content (AvgIpc) is 3.79. The lowest BCUT2D eigenvalue weighted by Crippen LogP contribution is -2.29. The first-order chi connectivity index (χ1) is 28.9. The van der Waals surface area contributed by atoms with Gasteiger partial charge in [0.25, 0.3) is 0 Å². The molecule has 0 heterocycles. The van der Waals surface area contributed by atoms with E-state index in [2.05, 4.69) is 180 Å². The van der Waals surface area contributed by atoms with Gasteiger partial charge in [-0.25, -0.2) is 0 Å². The zero-order chi connectivity index (χ0) is 40.0. The van der Waals surface area contributed by atoms with Gasteiger partial charge in [-0.3, -0.25) is 0 Å². The molecule has 59 heavy (non-hydrogen) atoms. The van der Waals surface area contributed by atoms with Gasteiger partial charge in [-0.2, -0.15) is 0 Å². The Morgan fingerprint density at radius 2 is 1.14 bits per heavy atom. The van der Waals surface area contributed by atoms with Crippen LogP contribution in [0.1, 0.15) is 68.5 Å². The minimum Gasteiger partial charge on any atom is -0.0991 e. The topological polar surface area (TPSA) is 0 Å². The smallest absolute Gasteiger partial charge is 0.0713 e. The summed E-state index contributed by atoms with van der Waals surface area (Å²) in [6.45, 7) is 15.5. The molecule has 3 aliphatic carbocycles. The molecule has 0 bridgehead atoms. The maximum Gasteiger partial charge on any atom is 0.0713 e. The van der Waals surface area contributed by atoms with Crippen LogP contribution in [0.4, 0.5) is 0 Å². The molecular weight excluding hydrogens is 709 g/mol. The van der Waals surface area contributed by atoms with E-state index < -0.39 is 5.41 Å². The first-order valence-corrected chi connectivity index (χ1v) is 21.4. The van der Waals surface area contributed by atoms with Crippen molar-refractivity contribution in [3.63, 3.8) is 0 Å². The Hall–Kier alpha value is -6.50. The molecule has 8 aromatic rings. The van der Waals surface area contributed by atoms with Crippen LogP contribution in [0.15, 0.2) is 170 Å². The van der Waals surface area contributed by atoms with Crippen molar-refractivity contribution in [3.05, 3.63) is 226 Å². The fourth-order valence-corrected chi connectivity index (χ4v) is 11.6. The van der Waals surface area contributed by atoms with E-state index in [0.29, 0.717) is 0 Å². The Morgan fingerprint density at radius 3 is 1.81 bits per heavy atom. The van der Waals surface area contributed by atoms with Crippen molar-refractivity contribution in [3.8, 4) is 44.5 Å². The van der Waals surface area contributed by atoms with Crippen molar-refractivity contribution in [2.75, 3.05) is 0 Å². The molecule has 0 heteroatoms. The van der Waals surface area contributed by atoms with Crippen LogP contribution in [0.5, 0.6) is 0 Å². The van der Waals surface area contributed by atoms with E-state index in [1.165, 1.54) is 129 Å². The highest BCUT2D eigenvalue weighted by atomic mass is 14.5. The van der Waals surface area contributed by atoms with Gasteiger partial charge in [0.2, 0.25) is 0 Å². The Morgan fingerprint density at radius 1 is 0.508 bits per heavy atom. The molecule has 0 fully saturated rings. The molecule has 0 aromatic heterocycles. The Balaban J connectivity index is 1.36. The fraction of sp³-hybridized carbons (Fsp3) is 0.153. The van der Waals surface area contributed by atoms with E-state index in [1.54, 1.807) is 5.56 Å². The van der Waals surface area contributed by atoms with Crippen molar-refractivity contribution in [2.24, 2.45) is 0 Å². The fourth-order valence-electron chi connectivity index (χ4n) is 11.6. The third-order valence-electron chi connectivity index (χ3n) is 13.8. The van der Waals surface area contributed by atoms with Gasteiger partial charge >= 0.3 is 0 Å². The second-order valence-electron chi connectivity index (χ2n) is 17.3. The SMILES string of the molecule is C=C/C=C(\C=C)C1(c2ccc(C)cc2)c2ccc3c(c2-c2c1cc(-c1c4ccccc4c(-c4cc(C)cc(C)c4)c4ccccc14)c1c2Cc2ccccc2-1)CCCC3. The van der Waals surface area contributed by atoms with E-state index in [9.17, 15) is 0 Å². The van der Waals surface area contributed by atoms with E-state index in [4.69, 9.17) is 0 Å². The minimum atomic E-state index is -0.593. The maximum atomic E-state index is 4.55. The zero-order valence-electron chi connectivity index (χ0n) is 34.4. The average molecular weight is 757 g/mol. The summed E-state index contributed by atoms with van der Waals surface area (Å²) in [5.74, 6) is 0. The molecule has 284 valence electrons. The van der Waals surface area contributed by atoms with E-state index in [1.807, 2.05) is 6.08 Å². The van der Waals surface area contributed by atoms with Crippen LogP contribution >= 0.6 is 0 Å². The molecule has 0 nitrogen and oxygen atoms in total. The van der Waals surface area contributed by atoms with Crippen molar-refractivity contribution < 1.29 is 0 Å². The number of benzene rings is 8. The number of aryl methyl sites for hydroxylation is 4. The first kappa shape index (κ1) is 35.6. The molecule has 3 aliphatic rings. The summed E-state index contributed by atoms with van der Waals surface area (Å²) >= 11 is 0. The highest BCUT2D eigenvalue weighted by Crippen LogP contribution is 2.63. The summed E-state index contributed by atoms with van der Waals surface area (Å²) in [6, 6.07) is 51.4. The molecule has 0 saturated carbocycles. The highest BCUT2D eigenvalue weighted by molar-refractivity contribution is 6.23. The molecule has 0 saturated heterocycles. The Kier molecular flexibility index (Phi) is 8.18. The maximum absolute atomic E-state index is 4.55. The Labute approximate surface area is 348 Å². The predicted molar refractivity (Wildman–Crippen MR) is 252 cm³/mol. The van der Waals surface area contributed by atoms with Crippen LogP contribution in [0.2, 0.25) is 0 Å². The van der Waals surface area contributed by atoms with Crippen LogP contribution in [-0.2, 0) is 24.7 Å². The predicted octanol–water partition coefficient (Wildman–Crippen LogP) is 15.3. The summed E-state index contributed by atoms with van der Waals surface area (Å²) in [7, 11) is 0. The van der Waals surface area contributed by atoms with Crippen LogP contribution in [0.25, 0.3) is 66.1 Å². The van der Waals surface area contributed by atoms with Crippen LogP contribution in [-0.4, -0.2) is 0 Å². The highest BCUT2D eigenvalue weighted by Gasteiger charge is 2.50. The molecule has 1 unspecified atom stereocenters. The van der Waals surface area contributed by atoms with Gasteiger partial charge in [-0.05, 0) is 170 Å². The lowest BCUT2D eigenvalue weighted by Gasteiger charge is -2.36. The van der Waals surface area contributed by atoms with E-state index in [-0.39, 0.29) is 0 Å². The van der Waals surface area contributed by atoms with Crippen molar-refractivity contribution in [1.82, 2.24) is 0 Å². The summed E-state index contributed by atoms with van der Waals surface area (Å²) in [4.78, 5) is 0. The number of hydrogen-bond donors (Lipinski definition) is 0. The van der Waals surface area contributed by atoms with Gasteiger partial charge in [0.05, 0.1) is 5.41 Å². The Bertz CT molecular complexity index is 3050. The molecule has 0 spiro atoms. The lowest BCUT2D eigenvalue weighted by molar-refractivity contribution is 0.684. The molecule has 0 amide bonds. The van der Waals surface area contributed by atoms with Gasteiger partial charge in [-0.15, -0.1) is 0 Å². The molecule has 0 aliphatic heterocycles. The molecule has 11 rings (SSSR count). The number of rotatable bonds is 6. The van der Waals surface area contributed by atoms with Gasteiger partial charge < -0.3 is 0 Å². The monoisotopic (exact) mass is 756 g/mol. The molecule has 8 aromatic carbocycles. The van der Waals surface area contributed by atoms with Crippen LogP contribution < -0.4 is 0 Å². The molecular formula is C59H48. The summed E-state index contributed by atoms with van der Waals surface area (Å²) < 4.78 is 0. The van der Waals surface area contributed by atoms with Crippen molar-refractivity contribution in [1.29, 1.82) is 0 Å². The standard InChI is InChI=1S/C59H48/c1-6-16-42(7-2)59(43-28-25-36(3)26-29-43)52-30-27-39-17-8-10-19-44(39)57(52)58-50-34-40-18-9-11-20-45(40)55(50)51(35-53(58)59)56-48-23-14-12-21-46(48)54(47-22-13-15-24-49(47)56)41-32-37(4)31-38(5)33-41/h6-7,9,11-16,18,20-33,35H,1-2,8,10,17,19,34H2,3-5H3/b42-16+. The second-order valence-corrected chi connectivity index (χ2v) is 17.3. The van der Waals surface area contributed by atoms with Gasteiger partial charge in [0.1, 0.15) is 0 Å². The van der Waals surface area contributed by atoms with Crippen LogP contribution in [0.3, 0.4) is 0 Å². The van der Waals surface area contributed by atoms with Gasteiger partial charge in [-0.1, -0.05) is 175 Å². The van der Waals surface area contributed by atoms with Crippen molar-refractivity contribution in [2.45, 2.75) is 58.3 Å². The number of hydrogen-bond acceptors (Lipinski definition) is 0. The van der Waals surface area contributed by atoms with Crippen molar-refractivity contribution >= 4 is 21.5 Å². The van der Waals surface area contributed by atoms with Crippen LogP contribution in [0, 0.1) is 20.8 Å². The minimum absolute atomic E-state index is 0.593. The van der Waals surface area contributed by atoms with E-state index in [0.717, 1.165) is 24.8 Å². The summed E-state index contributed by atoms with van der Waals surface area (Å²) in [5.41, 5.74) is 25.2. The normalized spacial score (nSPS) is 16.4.